The van der Waals surface area contributed by atoms with Crippen LogP contribution in [0.2, 0.25) is 5.02 Å². The van der Waals surface area contributed by atoms with Crippen LogP contribution in [0.25, 0.3) is 0 Å². The number of hydrogen-bond donors (Lipinski definition) is 2. The first kappa shape index (κ1) is 15.3. The Labute approximate surface area is 128 Å². The largest absolute Gasteiger partial charge is 0.338 e. The summed E-state index contributed by atoms with van der Waals surface area (Å²) in [5.41, 5.74) is 1.55. The Morgan fingerprint density at radius 3 is 2.48 bits per heavy atom. The average Bonchev–Trinajstić information content (AvgIpc) is 2.49. The van der Waals surface area contributed by atoms with Gasteiger partial charge in [-0.15, -0.1) is 0 Å². The lowest BCUT2D eigenvalue weighted by molar-refractivity contribution is 0.240. The highest BCUT2D eigenvalue weighted by Crippen LogP contribution is 2.09. The summed E-state index contributed by atoms with van der Waals surface area (Å²) < 4.78 is 13.4. The molecule has 2 N–H and O–H groups in total. The Bertz CT molecular complexity index is 601. The van der Waals surface area contributed by atoms with Gasteiger partial charge >= 0.3 is 6.03 Å². The van der Waals surface area contributed by atoms with Crippen LogP contribution in [0.15, 0.2) is 48.5 Å². The van der Waals surface area contributed by atoms with Crippen molar-refractivity contribution < 1.29 is 9.18 Å². The van der Waals surface area contributed by atoms with E-state index in [4.69, 9.17) is 11.6 Å². The molecule has 110 valence electrons. The van der Waals surface area contributed by atoms with Gasteiger partial charge in [0.25, 0.3) is 0 Å². The predicted octanol–water partition coefficient (Wildman–Crippen LogP) is 3.52. The summed E-state index contributed by atoms with van der Waals surface area (Å²) in [5.74, 6) is -0.249. The number of urea groups is 1. The molecule has 5 heteroatoms. The minimum Gasteiger partial charge on any atom is -0.338 e. The van der Waals surface area contributed by atoms with Crippen molar-refractivity contribution in [2.75, 3.05) is 6.54 Å². The van der Waals surface area contributed by atoms with Crippen LogP contribution in [0, 0.1) is 5.82 Å². The third-order valence-electron chi connectivity index (χ3n) is 3.00. The number of benzene rings is 2. The van der Waals surface area contributed by atoms with Gasteiger partial charge in [0.15, 0.2) is 0 Å². The van der Waals surface area contributed by atoms with Crippen LogP contribution in [0.5, 0.6) is 0 Å². The number of amides is 2. The van der Waals surface area contributed by atoms with E-state index in [-0.39, 0.29) is 11.8 Å². The van der Waals surface area contributed by atoms with Crippen molar-refractivity contribution in [2.45, 2.75) is 13.0 Å². The van der Waals surface area contributed by atoms with E-state index in [9.17, 15) is 9.18 Å². The number of carbonyl (C=O) groups excluding carboxylic acids is 1. The average molecular weight is 307 g/mol. The zero-order chi connectivity index (χ0) is 15.1. The van der Waals surface area contributed by atoms with E-state index < -0.39 is 0 Å². The Hall–Kier alpha value is -2.07. The molecule has 0 aliphatic rings. The van der Waals surface area contributed by atoms with Gasteiger partial charge in [0.1, 0.15) is 5.82 Å². The Morgan fingerprint density at radius 1 is 1.05 bits per heavy atom. The van der Waals surface area contributed by atoms with Gasteiger partial charge in [-0.05, 0) is 35.7 Å². The summed E-state index contributed by atoms with van der Waals surface area (Å²) in [6.45, 7) is 0.802. The van der Waals surface area contributed by atoms with E-state index in [1.807, 2.05) is 12.1 Å². The monoisotopic (exact) mass is 306 g/mol. The number of nitrogens with one attached hydrogen (secondary N) is 2. The van der Waals surface area contributed by atoms with Gasteiger partial charge in [-0.2, -0.15) is 0 Å². The van der Waals surface area contributed by atoms with Crippen LogP contribution < -0.4 is 10.6 Å². The van der Waals surface area contributed by atoms with Gasteiger partial charge in [-0.1, -0.05) is 41.9 Å². The van der Waals surface area contributed by atoms with Gasteiger partial charge < -0.3 is 10.6 Å². The molecule has 0 spiro atoms. The molecular weight excluding hydrogens is 291 g/mol. The van der Waals surface area contributed by atoms with Crippen molar-refractivity contribution in [3.63, 3.8) is 0 Å². The summed E-state index contributed by atoms with van der Waals surface area (Å²) in [6.07, 6.45) is 0.459. The van der Waals surface area contributed by atoms with Crippen LogP contribution in [-0.4, -0.2) is 12.6 Å². The van der Waals surface area contributed by atoms with Crippen LogP contribution in [0.1, 0.15) is 11.1 Å². The molecule has 0 aromatic heterocycles. The topological polar surface area (TPSA) is 41.1 Å². The molecule has 0 radical (unpaired) electrons. The van der Waals surface area contributed by atoms with E-state index in [2.05, 4.69) is 10.6 Å². The molecule has 2 aromatic rings. The lowest BCUT2D eigenvalue weighted by Crippen LogP contribution is -2.36. The fourth-order valence-corrected chi connectivity index (χ4v) is 1.98. The van der Waals surface area contributed by atoms with Crippen molar-refractivity contribution in [1.29, 1.82) is 0 Å². The van der Waals surface area contributed by atoms with Gasteiger partial charge in [0.05, 0.1) is 0 Å². The van der Waals surface area contributed by atoms with E-state index in [1.54, 1.807) is 30.3 Å². The highest BCUT2D eigenvalue weighted by atomic mass is 35.5. The highest BCUT2D eigenvalue weighted by molar-refractivity contribution is 6.30. The van der Waals surface area contributed by atoms with Crippen molar-refractivity contribution in [3.05, 3.63) is 70.5 Å². The summed E-state index contributed by atoms with van der Waals surface area (Å²) in [7, 11) is 0. The molecule has 0 fully saturated rings. The maximum Gasteiger partial charge on any atom is 0.315 e. The lowest BCUT2D eigenvalue weighted by atomic mass is 10.1. The summed E-state index contributed by atoms with van der Waals surface area (Å²) in [5, 5.41) is 6.09. The van der Waals surface area contributed by atoms with E-state index >= 15 is 0 Å². The Kier molecular flexibility index (Phi) is 5.58. The van der Waals surface area contributed by atoms with Crippen molar-refractivity contribution in [2.24, 2.45) is 0 Å². The molecule has 2 aromatic carbocycles. The predicted molar refractivity (Wildman–Crippen MR) is 81.8 cm³/mol. The van der Waals surface area contributed by atoms with Crippen molar-refractivity contribution in [3.8, 4) is 0 Å². The molecule has 0 saturated heterocycles. The summed E-state index contributed by atoms with van der Waals surface area (Å²) >= 11 is 5.78. The molecule has 2 rings (SSSR count). The first-order valence-electron chi connectivity index (χ1n) is 6.65. The SMILES string of the molecule is O=C(NCCc1ccccc1F)NCc1ccc(Cl)cc1. The molecule has 0 aliphatic carbocycles. The van der Waals surface area contributed by atoms with Crippen LogP contribution in [0.3, 0.4) is 0 Å². The van der Waals surface area contributed by atoms with Gasteiger partial charge in [-0.3, -0.25) is 0 Å². The van der Waals surface area contributed by atoms with Crippen molar-refractivity contribution >= 4 is 17.6 Å². The number of hydrogen-bond acceptors (Lipinski definition) is 1. The van der Waals surface area contributed by atoms with E-state index in [0.717, 1.165) is 5.56 Å². The fraction of sp³-hybridized carbons (Fsp3) is 0.188. The molecule has 3 nitrogen and oxygen atoms in total. The smallest absolute Gasteiger partial charge is 0.315 e. The normalized spacial score (nSPS) is 10.2. The maximum atomic E-state index is 13.4. The molecule has 0 unspecified atom stereocenters. The first-order valence-corrected chi connectivity index (χ1v) is 7.02. The second-order valence-electron chi connectivity index (χ2n) is 4.58. The zero-order valence-electron chi connectivity index (χ0n) is 11.4. The maximum absolute atomic E-state index is 13.4. The van der Waals surface area contributed by atoms with Crippen LogP contribution in [0.4, 0.5) is 9.18 Å². The van der Waals surface area contributed by atoms with Crippen molar-refractivity contribution in [1.82, 2.24) is 10.6 Å². The molecular formula is C16H16ClFN2O. The summed E-state index contributed by atoms with van der Waals surface area (Å²) in [6, 6.07) is 13.5. The van der Waals surface area contributed by atoms with E-state index in [0.29, 0.717) is 30.1 Å². The lowest BCUT2D eigenvalue weighted by Gasteiger charge is -2.08. The zero-order valence-corrected chi connectivity index (χ0v) is 12.2. The van der Waals surface area contributed by atoms with Gasteiger partial charge in [0.2, 0.25) is 0 Å². The Morgan fingerprint density at radius 2 is 1.76 bits per heavy atom. The third kappa shape index (κ3) is 5.08. The first-order chi connectivity index (χ1) is 10.1. The number of rotatable bonds is 5. The molecule has 0 saturated carbocycles. The standard InChI is InChI=1S/C16H16ClFN2O/c17-14-7-5-12(6-8-14)11-20-16(21)19-10-9-13-3-1-2-4-15(13)18/h1-8H,9-11H2,(H2,19,20,21). The third-order valence-corrected chi connectivity index (χ3v) is 3.26. The Balaban J connectivity index is 1.70. The van der Waals surface area contributed by atoms with Crippen LogP contribution >= 0.6 is 11.6 Å². The van der Waals surface area contributed by atoms with E-state index in [1.165, 1.54) is 6.07 Å². The molecule has 0 heterocycles. The number of halogens is 2. The molecule has 2 amide bonds. The second-order valence-corrected chi connectivity index (χ2v) is 5.01. The summed E-state index contributed by atoms with van der Waals surface area (Å²) in [4.78, 5) is 11.6. The fourth-order valence-electron chi connectivity index (χ4n) is 1.86. The van der Waals surface area contributed by atoms with Gasteiger partial charge in [0, 0.05) is 18.1 Å². The molecule has 0 aliphatic heterocycles. The minimum atomic E-state index is -0.277. The minimum absolute atomic E-state index is 0.249. The second kappa shape index (κ2) is 7.64. The quantitative estimate of drug-likeness (QED) is 0.872. The molecule has 0 bridgehead atoms. The van der Waals surface area contributed by atoms with Gasteiger partial charge in [-0.25, -0.2) is 9.18 Å². The molecule has 21 heavy (non-hydrogen) atoms. The van der Waals surface area contributed by atoms with Crippen LogP contribution in [-0.2, 0) is 13.0 Å². The highest BCUT2D eigenvalue weighted by Gasteiger charge is 2.03. The number of carbonyl (C=O) groups is 1. The molecule has 0 atom stereocenters.